The number of nitrogens with zero attached hydrogens (tertiary/aromatic N) is 1. The fourth-order valence-corrected chi connectivity index (χ4v) is 2.62. The molecule has 2 heterocycles. The van der Waals surface area contributed by atoms with E-state index in [0.717, 1.165) is 4.90 Å². The van der Waals surface area contributed by atoms with Gasteiger partial charge in [-0.15, -0.1) is 0 Å². The van der Waals surface area contributed by atoms with Gasteiger partial charge in [-0.2, -0.15) is 0 Å². The van der Waals surface area contributed by atoms with E-state index in [1.54, 1.807) is 18.2 Å². The third-order valence-electron chi connectivity index (χ3n) is 4.01. The van der Waals surface area contributed by atoms with E-state index >= 15 is 0 Å². The zero-order valence-electron chi connectivity index (χ0n) is 13.5. The van der Waals surface area contributed by atoms with E-state index in [1.165, 1.54) is 14.0 Å². The van der Waals surface area contributed by atoms with Gasteiger partial charge in [-0.25, -0.2) is 9.59 Å². The molecule has 132 valence electrons. The van der Waals surface area contributed by atoms with Crippen LogP contribution in [0.2, 0.25) is 0 Å². The van der Waals surface area contributed by atoms with Crippen LogP contribution in [-0.2, 0) is 15.1 Å². The van der Waals surface area contributed by atoms with Gasteiger partial charge in [-0.1, -0.05) is 6.07 Å². The number of hydrogen-bond donors (Lipinski definition) is 3. The number of benzene rings is 1. The van der Waals surface area contributed by atoms with Gasteiger partial charge in [0.05, 0.1) is 0 Å². The van der Waals surface area contributed by atoms with Crippen molar-refractivity contribution in [3.63, 3.8) is 0 Å². The van der Waals surface area contributed by atoms with Crippen molar-refractivity contribution in [3.05, 3.63) is 23.8 Å². The average molecular weight is 348 g/mol. The predicted molar refractivity (Wildman–Crippen MR) is 82.8 cm³/mol. The first-order valence-electron chi connectivity index (χ1n) is 7.41. The molecule has 1 aromatic carbocycles. The van der Waals surface area contributed by atoms with Gasteiger partial charge in [0.1, 0.15) is 12.1 Å². The van der Waals surface area contributed by atoms with Crippen LogP contribution in [0.15, 0.2) is 18.2 Å². The maximum absolute atomic E-state index is 12.7. The molecule has 10 heteroatoms. The Bertz CT molecular complexity index is 779. The first-order valence-corrected chi connectivity index (χ1v) is 7.41. The number of fused-ring (bicyclic) bond motifs is 1. The number of amides is 6. The molecule has 3 rings (SSSR count). The highest BCUT2D eigenvalue weighted by Gasteiger charge is 2.49. The molecule has 10 nitrogen and oxygen atoms in total. The first-order chi connectivity index (χ1) is 11.8. The molecule has 3 N–H and O–H groups in total. The topological polar surface area (TPSA) is 126 Å². The minimum absolute atomic E-state index is 0.0849. The number of carbonyl (C=O) groups excluding carboxylic acids is 4. The SMILES string of the molecule is CNC(=O)NC(=O)CN1C(=O)N[C@@](C)(c2ccc3c(c2)OCO3)C1=O. The van der Waals surface area contributed by atoms with Crippen LogP contribution in [0.25, 0.3) is 0 Å². The second-order valence-electron chi connectivity index (χ2n) is 5.64. The normalized spacial score (nSPS) is 21.1. The van der Waals surface area contributed by atoms with Crippen molar-refractivity contribution in [2.45, 2.75) is 12.5 Å². The number of imide groups is 2. The van der Waals surface area contributed by atoms with Crippen LogP contribution >= 0.6 is 0 Å². The first kappa shape index (κ1) is 16.6. The summed E-state index contributed by atoms with van der Waals surface area (Å²) < 4.78 is 10.5. The lowest BCUT2D eigenvalue weighted by molar-refractivity contribution is -0.134. The van der Waals surface area contributed by atoms with E-state index in [0.29, 0.717) is 17.1 Å². The maximum Gasteiger partial charge on any atom is 0.325 e. The maximum atomic E-state index is 12.7. The van der Waals surface area contributed by atoms with Crippen LogP contribution in [0.3, 0.4) is 0 Å². The summed E-state index contributed by atoms with van der Waals surface area (Å²) in [5, 5.41) is 6.78. The van der Waals surface area contributed by atoms with Crippen molar-refractivity contribution in [1.29, 1.82) is 0 Å². The van der Waals surface area contributed by atoms with Gasteiger partial charge >= 0.3 is 12.1 Å². The lowest BCUT2D eigenvalue weighted by Crippen LogP contribution is -2.46. The summed E-state index contributed by atoms with van der Waals surface area (Å²) >= 11 is 0. The van der Waals surface area contributed by atoms with Crippen LogP contribution in [0, 0.1) is 0 Å². The molecule has 0 aliphatic carbocycles. The second kappa shape index (κ2) is 5.96. The third-order valence-corrected chi connectivity index (χ3v) is 4.01. The van der Waals surface area contributed by atoms with Crippen molar-refractivity contribution in [1.82, 2.24) is 20.9 Å². The Balaban J connectivity index is 1.80. The third kappa shape index (κ3) is 2.82. The Morgan fingerprint density at radius 1 is 1.28 bits per heavy atom. The van der Waals surface area contributed by atoms with Crippen molar-refractivity contribution >= 4 is 23.9 Å². The van der Waals surface area contributed by atoms with Gasteiger partial charge < -0.3 is 20.1 Å². The van der Waals surface area contributed by atoms with Gasteiger partial charge in [0.2, 0.25) is 12.7 Å². The fraction of sp³-hybridized carbons (Fsp3) is 0.333. The number of ether oxygens (including phenoxy) is 2. The van der Waals surface area contributed by atoms with E-state index < -0.39 is 36.0 Å². The van der Waals surface area contributed by atoms with E-state index in [4.69, 9.17) is 9.47 Å². The van der Waals surface area contributed by atoms with Gasteiger partial charge in [-0.3, -0.25) is 19.8 Å². The quantitative estimate of drug-likeness (QED) is 0.640. The monoisotopic (exact) mass is 348 g/mol. The molecule has 1 aromatic rings. The van der Waals surface area contributed by atoms with Crippen molar-refractivity contribution < 1.29 is 28.7 Å². The van der Waals surface area contributed by atoms with Crippen LogP contribution in [0.5, 0.6) is 11.5 Å². The van der Waals surface area contributed by atoms with Crippen molar-refractivity contribution in [3.8, 4) is 11.5 Å². The van der Waals surface area contributed by atoms with Crippen LogP contribution in [0.1, 0.15) is 12.5 Å². The van der Waals surface area contributed by atoms with Gasteiger partial charge in [0.15, 0.2) is 11.5 Å². The molecular formula is C15H16N4O6. The summed E-state index contributed by atoms with van der Waals surface area (Å²) in [4.78, 5) is 48.5. The molecule has 0 saturated carbocycles. The summed E-state index contributed by atoms with van der Waals surface area (Å²) in [6, 6.07) is 3.44. The lowest BCUT2D eigenvalue weighted by Gasteiger charge is -2.22. The molecule has 1 atom stereocenters. The number of rotatable bonds is 3. The minimum atomic E-state index is -1.36. The number of hydrogen-bond acceptors (Lipinski definition) is 6. The molecule has 0 unspecified atom stereocenters. The highest BCUT2D eigenvalue weighted by Crippen LogP contribution is 2.37. The molecular weight excluding hydrogens is 332 g/mol. The minimum Gasteiger partial charge on any atom is -0.454 e. The molecule has 25 heavy (non-hydrogen) atoms. The average Bonchev–Trinajstić information content (AvgIpc) is 3.13. The Kier molecular flexibility index (Phi) is 3.95. The van der Waals surface area contributed by atoms with E-state index in [2.05, 4.69) is 10.6 Å². The van der Waals surface area contributed by atoms with Gasteiger partial charge in [0, 0.05) is 7.05 Å². The van der Waals surface area contributed by atoms with E-state index in [9.17, 15) is 19.2 Å². The van der Waals surface area contributed by atoms with Crippen molar-refractivity contribution in [2.24, 2.45) is 0 Å². The molecule has 1 fully saturated rings. The lowest BCUT2D eigenvalue weighted by atomic mass is 9.91. The molecule has 0 bridgehead atoms. The summed E-state index contributed by atoms with van der Waals surface area (Å²) in [6.07, 6.45) is 0. The Hall–Kier alpha value is -3.30. The number of nitrogens with one attached hydrogen (secondary N) is 3. The van der Waals surface area contributed by atoms with Crippen LogP contribution in [0.4, 0.5) is 9.59 Å². The summed E-state index contributed by atoms with van der Waals surface area (Å²) in [6.45, 7) is 1.04. The molecule has 2 aliphatic heterocycles. The fourth-order valence-electron chi connectivity index (χ4n) is 2.62. The molecule has 1 saturated heterocycles. The summed E-state index contributed by atoms with van der Waals surface area (Å²) in [5.41, 5.74) is -0.866. The van der Waals surface area contributed by atoms with Crippen molar-refractivity contribution in [2.75, 3.05) is 20.4 Å². The smallest absolute Gasteiger partial charge is 0.325 e. The predicted octanol–water partition coefficient (Wildman–Crippen LogP) is -0.362. The Labute approximate surface area is 142 Å². The van der Waals surface area contributed by atoms with Gasteiger partial charge in [-0.05, 0) is 24.6 Å². The largest absolute Gasteiger partial charge is 0.454 e. The zero-order valence-corrected chi connectivity index (χ0v) is 13.5. The molecule has 0 aromatic heterocycles. The zero-order chi connectivity index (χ0) is 18.2. The summed E-state index contributed by atoms with van der Waals surface area (Å²) in [5.74, 6) is -0.372. The number of carbonyl (C=O) groups is 4. The standard InChI is InChI=1S/C15H16N4O6/c1-15(8-3-4-9-10(5-8)25-7-24-9)12(21)19(14(23)18-15)6-11(20)17-13(22)16-2/h3-5H,6-7H2,1-2H3,(H,18,23)(H2,16,17,20,22)/t15-/m0/s1. The highest BCUT2D eigenvalue weighted by molar-refractivity contribution is 6.10. The highest BCUT2D eigenvalue weighted by atomic mass is 16.7. The Morgan fingerprint density at radius 3 is 2.72 bits per heavy atom. The summed E-state index contributed by atoms with van der Waals surface area (Å²) in [7, 11) is 1.34. The van der Waals surface area contributed by atoms with Gasteiger partial charge in [0.25, 0.3) is 5.91 Å². The molecule has 0 spiro atoms. The van der Waals surface area contributed by atoms with E-state index in [-0.39, 0.29) is 6.79 Å². The van der Waals surface area contributed by atoms with E-state index in [1.807, 2.05) is 5.32 Å². The number of urea groups is 2. The molecule has 0 radical (unpaired) electrons. The molecule has 2 aliphatic rings. The van der Waals surface area contributed by atoms with Crippen LogP contribution in [-0.4, -0.2) is 49.2 Å². The second-order valence-corrected chi connectivity index (χ2v) is 5.64. The molecule has 6 amide bonds. The Morgan fingerprint density at radius 2 is 2.00 bits per heavy atom. The van der Waals surface area contributed by atoms with Crippen LogP contribution < -0.4 is 25.4 Å².